The molecule has 0 saturated carbocycles. The smallest absolute Gasteiger partial charge is 0.338 e. The van der Waals surface area contributed by atoms with Crippen molar-refractivity contribution in [3.63, 3.8) is 0 Å². The van der Waals surface area contributed by atoms with E-state index in [4.69, 9.17) is 9.47 Å². The van der Waals surface area contributed by atoms with Crippen LogP contribution in [0.5, 0.6) is 5.75 Å². The topological polar surface area (TPSA) is 76.7 Å². The van der Waals surface area contributed by atoms with E-state index in [-0.39, 0.29) is 6.03 Å². The number of urea groups is 1. The van der Waals surface area contributed by atoms with Crippen molar-refractivity contribution >= 4 is 12.0 Å². The molecular formula is C20H28N2O4. The van der Waals surface area contributed by atoms with E-state index in [1.54, 1.807) is 6.92 Å². The van der Waals surface area contributed by atoms with Crippen molar-refractivity contribution in [3.05, 3.63) is 41.1 Å². The highest BCUT2D eigenvalue weighted by atomic mass is 16.5. The quantitative estimate of drug-likeness (QED) is 0.518. The van der Waals surface area contributed by atoms with Crippen LogP contribution in [0.2, 0.25) is 0 Å². The summed E-state index contributed by atoms with van der Waals surface area (Å²) < 4.78 is 11.1. The molecule has 0 bridgehead atoms. The SMILES string of the molecule is CCCCCCOC(=O)C1=C(C)NC(=O)N[C@@H]1c1ccccc1OCC. The normalized spacial score (nSPS) is 16.7. The van der Waals surface area contributed by atoms with Gasteiger partial charge in [0.25, 0.3) is 0 Å². The zero-order chi connectivity index (χ0) is 18.9. The molecule has 1 aliphatic rings. The molecule has 1 heterocycles. The molecule has 0 fully saturated rings. The van der Waals surface area contributed by atoms with Gasteiger partial charge < -0.3 is 20.1 Å². The molecule has 1 atom stereocenters. The van der Waals surface area contributed by atoms with Crippen LogP contribution in [-0.4, -0.2) is 25.2 Å². The van der Waals surface area contributed by atoms with Gasteiger partial charge in [0, 0.05) is 11.3 Å². The molecule has 0 aliphatic carbocycles. The molecule has 0 unspecified atom stereocenters. The minimum absolute atomic E-state index is 0.349. The molecule has 1 aromatic rings. The fraction of sp³-hybridized carbons (Fsp3) is 0.500. The molecule has 0 radical (unpaired) electrons. The highest BCUT2D eigenvalue weighted by molar-refractivity contribution is 5.95. The van der Waals surface area contributed by atoms with Gasteiger partial charge in [0.2, 0.25) is 0 Å². The molecule has 0 saturated heterocycles. The summed E-state index contributed by atoms with van der Waals surface area (Å²) in [6, 6.07) is 6.45. The van der Waals surface area contributed by atoms with Crippen LogP contribution in [0.1, 0.15) is 58.1 Å². The van der Waals surface area contributed by atoms with Crippen molar-refractivity contribution in [2.75, 3.05) is 13.2 Å². The molecule has 6 heteroatoms. The van der Waals surface area contributed by atoms with Gasteiger partial charge in [0.1, 0.15) is 5.75 Å². The lowest BCUT2D eigenvalue weighted by Crippen LogP contribution is -2.45. The first kappa shape index (κ1) is 19.8. The van der Waals surface area contributed by atoms with Crippen LogP contribution in [0.25, 0.3) is 0 Å². The fourth-order valence-electron chi connectivity index (χ4n) is 2.98. The number of carbonyl (C=O) groups excluding carboxylic acids is 2. The van der Waals surface area contributed by atoms with Gasteiger partial charge in [-0.3, -0.25) is 0 Å². The predicted molar refractivity (Wildman–Crippen MR) is 99.8 cm³/mol. The Kier molecular flexibility index (Phi) is 7.51. The third-order valence-electron chi connectivity index (χ3n) is 4.25. The largest absolute Gasteiger partial charge is 0.494 e. The van der Waals surface area contributed by atoms with Crippen LogP contribution in [-0.2, 0) is 9.53 Å². The van der Waals surface area contributed by atoms with E-state index >= 15 is 0 Å². The summed E-state index contributed by atoms with van der Waals surface area (Å²) in [4.78, 5) is 24.7. The number of hydrogen-bond donors (Lipinski definition) is 2. The molecule has 6 nitrogen and oxygen atoms in total. The van der Waals surface area contributed by atoms with E-state index < -0.39 is 12.0 Å². The van der Waals surface area contributed by atoms with E-state index in [9.17, 15) is 9.59 Å². The van der Waals surface area contributed by atoms with E-state index in [2.05, 4.69) is 17.6 Å². The van der Waals surface area contributed by atoms with Gasteiger partial charge in [-0.1, -0.05) is 44.4 Å². The summed E-state index contributed by atoms with van der Waals surface area (Å²) in [6.07, 6.45) is 4.13. The number of hydrogen-bond acceptors (Lipinski definition) is 4. The van der Waals surface area contributed by atoms with Gasteiger partial charge in [-0.15, -0.1) is 0 Å². The molecule has 142 valence electrons. The van der Waals surface area contributed by atoms with Gasteiger partial charge >= 0.3 is 12.0 Å². The van der Waals surface area contributed by atoms with E-state index in [1.807, 2.05) is 31.2 Å². The van der Waals surface area contributed by atoms with E-state index in [1.165, 1.54) is 0 Å². The maximum atomic E-state index is 12.7. The van der Waals surface area contributed by atoms with Gasteiger partial charge in [-0.2, -0.15) is 0 Å². The number of rotatable bonds is 9. The minimum atomic E-state index is -0.602. The summed E-state index contributed by atoms with van der Waals surface area (Å²) in [6.45, 7) is 6.61. The number of ether oxygens (including phenoxy) is 2. The molecule has 2 N–H and O–H groups in total. The highest BCUT2D eigenvalue weighted by Gasteiger charge is 2.33. The monoisotopic (exact) mass is 360 g/mol. The van der Waals surface area contributed by atoms with Crippen LogP contribution in [0.15, 0.2) is 35.5 Å². The zero-order valence-electron chi connectivity index (χ0n) is 15.8. The standard InChI is InChI=1S/C20H28N2O4/c1-4-6-7-10-13-26-19(23)17-14(3)21-20(24)22-18(17)15-11-8-9-12-16(15)25-5-2/h8-9,11-12,18H,4-7,10,13H2,1-3H3,(H2,21,22,24)/t18-/m1/s1. The average Bonchev–Trinajstić information content (AvgIpc) is 2.61. The summed E-state index contributed by atoms with van der Waals surface area (Å²) in [5, 5.41) is 5.47. The van der Waals surface area contributed by atoms with Crippen LogP contribution >= 0.6 is 0 Å². The second kappa shape index (κ2) is 9.85. The van der Waals surface area contributed by atoms with Gasteiger partial charge in [-0.25, -0.2) is 9.59 Å². The highest BCUT2D eigenvalue weighted by Crippen LogP contribution is 2.33. The Morgan fingerprint density at radius 1 is 1.15 bits per heavy atom. The van der Waals surface area contributed by atoms with Crippen LogP contribution in [0.3, 0.4) is 0 Å². The number of unbranched alkanes of at least 4 members (excludes halogenated alkanes) is 3. The van der Waals surface area contributed by atoms with Crippen LogP contribution in [0, 0.1) is 0 Å². The molecular weight excluding hydrogens is 332 g/mol. The summed E-state index contributed by atoms with van der Waals surface area (Å²) in [5.74, 6) is 0.228. The fourth-order valence-corrected chi connectivity index (χ4v) is 2.98. The van der Waals surface area contributed by atoms with Gasteiger partial charge in [0.05, 0.1) is 24.8 Å². The summed E-state index contributed by atoms with van der Waals surface area (Å²) >= 11 is 0. The number of amides is 2. The molecule has 0 aromatic heterocycles. The Morgan fingerprint density at radius 3 is 2.65 bits per heavy atom. The second-order valence-corrected chi connectivity index (χ2v) is 6.24. The van der Waals surface area contributed by atoms with E-state index in [0.717, 1.165) is 31.2 Å². The van der Waals surface area contributed by atoms with Crippen molar-refractivity contribution in [1.82, 2.24) is 10.6 Å². The number of esters is 1. The van der Waals surface area contributed by atoms with Crippen LogP contribution < -0.4 is 15.4 Å². The Morgan fingerprint density at radius 2 is 1.92 bits per heavy atom. The summed E-state index contributed by atoms with van der Waals surface area (Å²) in [5.41, 5.74) is 1.65. The molecule has 0 spiro atoms. The first-order valence-corrected chi connectivity index (χ1v) is 9.25. The number of nitrogens with one attached hydrogen (secondary N) is 2. The lowest BCUT2D eigenvalue weighted by atomic mass is 9.95. The summed E-state index contributed by atoms with van der Waals surface area (Å²) in [7, 11) is 0. The van der Waals surface area contributed by atoms with Crippen molar-refractivity contribution in [2.45, 2.75) is 52.5 Å². The third-order valence-corrected chi connectivity index (χ3v) is 4.25. The second-order valence-electron chi connectivity index (χ2n) is 6.24. The van der Waals surface area contributed by atoms with Crippen molar-refractivity contribution in [1.29, 1.82) is 0 Å². The minimum Gasteiger partial charge on any atom is -0.494 e. The van der Waals surface area contributed by atoms with Crippen molar-refractivity contribution in [3.8, 4) is 5.75 Å². The van der Waals surface area contributed by atoms with Crippen molar-refractivity contribution < 1.29 is 19.1 Å². The Labute approximate surface area is 154 Å². The van der Waals surface area contributed by atoms with Gasteiger partial charge in [-0.05, 0) is 26.3 Å². The lowest BCUT2D eigenvalue weighted by Gasteiger charge is -2.29. The molecule has 2 rings (SSSR count). The lowest BCUT2D eigenvalue weighted by molar-refractivity contribution is -0.139. The van der Waals surface area contributed by atoms with Crippen LogP contribution in [0.4, 0.5) is 4.79 Å². The molecule has 1 aromatic carbocycles. The third kappa shape index (κ3) is 5.00. The molecule has 2 amide bonds. The Hall–Kier alpha value is -2.50. The Bertz CT molecular complexity index is 670. The number of allylic oxidation sites excluding steroid dienone is 1. The van der Waals surface area contributed by atoms with Gasteiger partial charge in [0.15, 0.2) is 0 Å². The van der Waals surface area contributed by atoms with E-state index in [0.29, 0.717) is 30.2 Å². The maximum Gasteiger partial charge on any atom is 0.338 e. The first-order valence-electron chi connectivity index (χ1n) is 9.25. The molecule has 1 aliphatic heterocycles. The first-order chi connectivity index (χ1) is 12.6. The molecule has 26 heavy (non-hydrogen) atoms. The maximum absolute atomic E-state index is 12.7. The number of carbonyl (C=O) groups is 2. The van der Waals surface area contributed by atoms with Crippen molar-refractivity contribution in [2.24, 2.45) is 0 Å². The number of para-hydroxylation sites is 1. The Balaban J connectivity index is 2.22. The zero-order valence-corrected chi connectivity index (χ0v) is 15.8. The predicted octanol–water partition coefficient (Wildman–Crippen LogP) is 3.84. The number of benzene rings is 1. The average molecular weight is 360 g/mol.